The van der Waals surface area contributed by atoms with Crippen molar-refractivity contribution in [2.45, 2.75) is 37.4 Å². The predicted octanol–water partition coefficient (Wildman–Crippen LogP) is 3.88. The van der Waals surface area contributed by atoms with E-state index < -0.39 is 0 Å². The molecule has 5 atom stereocenters. The van der Waals surface area contributed by atoms with Crippen LogP contribution in [0, 0.1) is 16.7 Å². The summed E-state index contributed by atoms with van der Waals surface area (Å²) in [5.41, 5.74) is 0.292. The number of rotatable bonds is 1. The molecule has 2 saturated carbocycles. The maximum Gasteiger partial charge on any atom is 0.0561 e. The maximum atomic E-state index is 6.37. The molecule has 0 spiro atoms. The summed E-state index contributed by atoms with van der Waals surface area (Å²) in [7, 11) is 0. The molecule has 13 heavy (non-hydrogen) atoms. The molecule has 0 heterocycles. The minimum Gasteiger partial charge on any atom is -0.126 e. The van der Waals surface area contributed by atoms with Crippen LogP contribution in [0.15, 0.2) is 0 Å². The van der Waals surface area contributed by atoms with Crippen molar-refractivity contribution in [3.63, 3.8) is 0 Å². The van der Waals surface area contributed by atoms with Gasteiger partial charge in [-0.05, 0) is 29.6 Å². The van der Waals surface area contributed by atoms with Crippen LogP contribution in [0.5, 0.6) is 0 Å². The SMILES string of the molecule is CC12CCC(C(Cl)C1Cl)C2(C)CCl. The highest BCUT2D eigenvalue weighted by Crippen LogP contribution is 2.68. The Bertz CT molecular complexity index is 228. The van der Waals surface area contributed by atoms with Crippen molar-refractivity contribution >= 4 is 34.8 Å². The Hall–Kier alpha value is 0.870. The summed E-state index contributed by atoms with van der Waals surface area (Å²) in [6.45, 7) is 4.49. The molecule has 0 aromatic rings. The lowest BCUT2D eigenvalue weighted by Gasteiger charge is -2.38. The molecule has 0 aliphatic heterocycles. The van der Waals surface area contributed by atoms with E-state index in [2.05, 4.69) is 13.8 Å². The Kier molecular flexibility index (Phi) is 2.34. The lowest BCUT2D eigenvalue weighted by atomic mass is 9.70. The van der Waals surface area contributed by atoms with Crippen LogP contribution >= 0.6 is 34.8 Å². The van der Waals surface area contributed by atoms with Crippen molar-refractivity contribution in [2.24, 2.45) is 16.7 Å². The molecule has 2 aliphatic carbocycles. The molecule has 0 aromatic carbocycles. The summed E-state index contributed by atoms with van der Waals surface area (Å²) in [5.74, 6) is 1.19. The van der Waals surface area contributed by atoms with Gasteiger partial charge < -0.3 is 0 Å². The minimum atomic E-state index is 0.0941. The second-order valence-corrected chi connectivity index (χ2v) is 6.20. The van der Waals surface area contributed by atoms with E-state index in [1.165, 1.54) is 12.8 Å². The summed E-state index contributed by atoms with van der Waals surface area (Å²) >= 11 is 18.8. The van der Waals surface area contributed by atoms with Gasteiger partial charge in [0.1, 0.15) is 0 Å². The number of hydrogen-bond acceptors (Lipinski definition) is 0. The van der Waals surface area contributed by atoms with Crippen LogP contribution in [0.4, 0.5) is 0 Å². The van der Waals surface area contributed by atoms with Gasteiger partial charge in [-0.25, -0.2) is 0 Å². The van der Waals surface area contributed by atoms with Gasteiger partial charge in [-0.2, -0.15) is 0 Å². The van der Waals surface area contributed by atoms with E-state index in [1.807, 2.05) is 0 Å². The molecule has 3 heteroatoms. The van der Waals surface area contributed by atoms with Gasteiger partial charge in [0.25, 0.3) is 0 Å². The van der Waals surface area contributed by atoms with Gasteiger partial charge in [0.2, 0.25) is 0 Å². The van der Waals surface area contributed by atoms with Crippen molar-refractivity contribution < 1.29 is 0 Å². The predicted molar refractivity (Wildman–Crippen MR) is 58.9 cm³/mol. The number of fused-ring (bicyclic) bond motifs is 2. The molecule has 2 aliphatic rings. The van der Waals surface area contributed by atoms with E-state index in [0.717, 1.165) is 0 Å². The quantitative estimate of drug-likeness (QED) is 0.611. The van der Waals surface area contributed by atoms with E-state index >= 15 is 0 Å². The standard InChI is InChI=1S/C10H15Cl3/c1-9-4-3-6(7(12)8(9)13)10(9,2)5-11/h6-8H,3-5H2,1-2H3. The molecular weight excluding hydrogens is 226 g/mol. The zero-order valence-corrected chi connectivity index (χ0v) is 10.3. The van der Waals surface area contributed by atoms with E-state index in [4.69, 9.17) is 34.8 Å². The monoisotopic (exact) mass is 240 g/mol. The van der Waals surface area contributed by atoms with E-state index in [-0.39, 0.29) is 21.6 Å². The van der Waals surface area contributed by atoms with Gasteiger partial charge in [0.05, 0.1) is 10.8 Å². The fraction of sp³-hybridized carbons (Fsp3) is 1.00. The molecule has 0 amide bonds. The highest BCUT2D eigenvalue weighted by molar-refractivity contribution is 6.31. The second kappa shape index (κ2) is 2.93. The van der Waals surface area contributed by atoms with Crippen molar-refractivity contribution in [1.82, 2.24) is 0 Å². The first kappa shape index (κ1) is 10.4. The molecule has 0 aromatic heterocycles. The molecule has 2 bridgehead atoms. The Morgan fingerprint density at radius 3 is 2.23 bits per heavy atom. The number of halogens is 3. The first-order valence-corrected chi connectivity index (χ1v) is 6.22. The average Bonchev–Trinajstić information content (AvgIpc) is 2.44. The normalized spacial score (nSPS) is 60.2. The lowest BCUT2D eigenvalue weighted by Crippen LogP contribution is -2.37. The smallest absolute Gasteiger partial charge is 0.0561 e. The van der Waals surface area contributed by atoms with Crippen LogP contribution in [0.1, 0.15) is 26.7 Å². The average molecular weight is 242 g/mol. The largest absolute Gasteiger partial charge is 0.126 e. The van der Waals surface area contributed by atoms with Crippen molar-refractivity contribution in [3.8, 4) is 0 Å². The molecule has 0 N–H and O–H groups in total. The Morgan fingerprint density at radius 1 is 1.31 bits per heavy atom. The van der Waals surface area contributed by atoms with Crippen molar-refractivity contribution in [3.05, 3.63) is 0 Å². The molecule has 0 nitrogen and oxygen atoms in total. The third-order valence-electron chi connectivity index (χ3n) is 4.65. The number of alkyl halides is 3. The van der Waals surface area contributed by atoms with Crippen LogP contribution in [0.3, 0.4) is 0 Å². The first-order chi connectivity index (χ1) is 5.97. The minimum absolute atomic E-state index is 0.0941. The molecule has 2 fully saturated rings. The first-order valence-electron chi connectivity index (χ1n) is 4.81. The second-order valence-electron chi connectivity index (χ2n) is 4.96. The van der Waals surface area contributed by atoms with Gasteiger partial charge in [-0.3, -0.25) is 0 Å². The fourth-order valence-corrected chi connectivity index (χ4v) is 4.97. The third kappa shape index (κ3) is 1.01. The molecule has 0 saturated heterocycles. The van der Waals surface area contributed by atoms with Gasteiger partial charge in [-0.15, -0.1) is 34.8 Å². The Labute approximate surface area is 94.9 Å². The summed E-state index contributed by atoms with van der Waals surface area (Å²) in [5, 5.41) is 0.209. The highest BCUT2D eigenvalue weighted by atomic mass is 35.5. The van der Waals surface area contributed by atoms with Gasteiger partial charge in [0, 0.05) is 5.88 Å². The van der Waals surface area contributed by atoms with E-state index in [1.54, 1.807) is 0 Å². The van der Waals surface area contributed by atoms with E-state index in [9.17, 15) is 0 Å². The van der Waals surface area contributed by atoms with E-state index in [0.29, 0.717) is 11.8 Å². The van der Waals surface area contributed by atoms with Crippen LogP contribution in [0.2, 0.25) is 0 Å². The summed E-state index contributed by atoms with van der Waals surface area (Å²) in [4.78, 5) is 0. The van der Waals surface area contributed by atoms with Gasteiger partial charge in [-0.1, -0.05) is 13.8 Å². The zero-order valence-electron chi connectivity index (χ0n) is 7.99. The Morgan fingerprint density at radius 2 is 1.92 bits per heavy atom. The van der Waals surface area contributed by atoms with Gasteiger partial charge in [0.15, 0.2) is 0 Å². The van der Waals surface area contributed by atoms with Crippen LogP contribution in [0.25, 0.3) is 0 Å². The maximum absolute atomic E-state index is 6.37. The highest BCUT2D eigenvalue weighted by Gasteiger charge is 2.67. The summed E-state index contributed by atoms with van der Waals surface area (Å²) < 4.78 is 0. The molecule has 76 valence electrons. The topological polar surface area (TPSA) is 0 Å². The third-order valence-corrected chi connectivity index (χ3v) is 6.64. The van der Waals surface area contributed by atoms with Crippen molar-refractivity contribution in [1.29, 1.82) is 0 Å². The molecule has 5 unspecified atom stereocenters. The lowest BCUT2D eigenvalue weighted by molar-refractivity contribution is 0.159. The molecule has 0 radical (unpaired) electrons. The van der Waals surface area contributed by atoms with Crippen molar-refractivity contribution in [2.75, 3.05) is 5.88 Å². The van der Waals surface area contributed by atoms with Crippen LogP contribution < -0.4 is 0 Å². The van der Waals surface area contributed by atoms with Gasteiger partial charge >= 0.3 is 0 Å². The zero-order chi connectivity index (χ0) is 9.85. The Balaban J connectivity index is 2.43. The summed E-state index contributed by atoms with van der Waals surface area (Å²) in [6.07, 6.45) is 2.37. The fourth-order valence-electron chi connectivity index (χ4n) is 3.25. The van der Waals surface area contributed by atoms with Crippen LogP contribution in [-0.2, 0) is 0 Å². The summed E-state index contributed by atoms with van der Waals surface area (Å²) in [6, 6.07) is 0. The number of hydrogen-bond donors (Lipinski definition) is 0. The molecular formula is C10H15Cl3. The van der Waals surface area contributed by atoms with Crippen LogP contribution in [-0.4, -0.2) is 16.6 Å². The molecule has 2 rings (SSSR count).